The molecule has 0 radical (unpaired) electrons. The predicted octanol–water partition coefficient (Wildman–Crippen LogP) is 4.29. The van der Waals surface area contributed by atoms with E-state index in [-0.39, 0.29) is 6.61 Å². The largest absolute Gasteiger partial charge is 0.491 e. The lowest BCUT2D eigenvalue weighted by atomic mass is 9.89. The van der Waals surface area contributed by atoms with E-state index in [4.69, 9.17) is 44.8 Å². The van der Waals surface area contributed by atoms with Gasteiger partial charge in [-0.2, -0.15) is 0 Å². The minimum Gasteiger partial charge on any atom is -0.491 e. The maximum Gasteiger partial charge on any atom is 0.303 e. The molecule has 0 aromatic heterocycles. The summed E-state index contributed by atoms with van der Waals surface area (Å²) in [5, 5.41) is 0.497. The van der Waals surface area contributed by atoms with Gasteiger partial charge in [-0.25, -0.2) is 0 Å². The van der Waals surface area contributed by atoms with Crippen molar-refractivity contribution in [2.75, 3.05) is 19.8 Å². The van der Waals surface area contributed by atoms with E-state index >= 15 is 0 Å². The standard InChI is InChI=1S/C32H37ClO11/c1-18(34)40-17-28-30(41-19(2)35)32(43-21(4)37)31(42-20(3)36)29(44-28)23-7-12-27(33)24(16-23)15-22-5-8-25(9-6-22)38-13-14-39-26-10-11-26/h5-9,12,16,26,28-32H,10-11,13-15,17H2,1-4H3/t28-,29+,30-,31+,32+/m1/s1. The Morgan fingerprint density at radius 2 is 1.43 bits per heavy atom. The molecule has 4 rings (SSSR count). The fourth-order valence-corrected chi connectivity index (χ4v) is 5.12. The lowest BCUT2D eigenvalue weighted by Gasteiger charge is -2.44. The summed E-state index contributed by atoms with van der Waals surface area (Å²) in [4.78, 5) is 48.0. The number of hydrogen-bond donors (Lipinski definition) is 0. The summed E-state index contributed by atoms with van der Waals surface area (Å²) in [5.41, 5.74) is 2.27. The van der Waals surface area contributed by atoms with E-state index < -0.39 is 54.4 Å². The van der Waals surface area contributed by atoms with E-state index in [0.717, 1.165) is 29.7 Å². The van der Waals surface area contributed by atoms with Gasteiger partial charge in [0.15, 0.2) is 18.3 Å². The molecule has 0 bridgehead atoms. The first-order valence-corrected chi connectivity index (χ1v) is 14.8. The van der Waals surface area contributed by atoms with E-state index in [1.165, 1.54) is 27.7 Å². The third-order valence-electron chi connectivity index (χ3n) is 6.94. The molecule has 11 nitrogen and oxygen atoms in total. The van der Waals surface area contributed by atoms with E-state index in [2.05, 4.69) is 0 Å². The Hall–Kier alpha value is -3.67. The van der Waals surface area contributed by atoms with E-state index in [0.29, 0.717) is 36.3 Å². The maximum atomic E-state index is 12.2. The minimum absolute atomic E-state index is 0.310. The van der Waals surface area contributed by atoms with E-state index in [9.17, 15) is 19.2 Å². The molecule has 238 valence electrons. The van der Waals surface area contributed by atoms with Crippen LogP contribution in [0.1, 0.15) is 63.3 Å². The highest BCUT2D eigenvalue weighted by atomic mass is 35.5. The Balaban J connectivity index is 1.59. The van der Waals surface area contributed by atoms with Crippen LogP contribution in [0.3, 0.4) is 0 Å². The van der Waals surface area contributed by atoms with Crippen LogP contribution in [0.4, 0.5) is 0 Å². The van der Waals surface area contributed by atoms with Crippen molar-refractivity contribution < 1.29 is 52.3 Å². The Morgan fingerprint density at radius 1 is 0.795 bits per heavy atom. The van der Waals surface area contributed by atoms with Gasteiger partial charge < -0.3 is 33.2 Å². The van der Waals surface area contributed by atoms with Gasteiger partial charge >= 0.3 is 23.9 Å². The number of benzene rings is 2. The fourth-order valence-electron chi connectivity index (χ4n) is 4.94. The number of carbonyl (C=O) groups is 4. The molecule has 2 fully saturated rings. The van der Waals surface area contributed by atoms with Crippen LogP contribution in [0.25, 0.3) is 0 Å². The highest BCUT2D eigenvalue weighted by molar-refractivity contribution is 6.31. The number of esters is 4. The van der Waals surface area contributed by atoms with Gasteiger partial charge in [-0.1, -0.05) is 35.9 Å². The molecule has 2 aromatic rings. The van der Waals surface area contributed by atoms with Gasteiger partial charge in [0.25, 0.3) is 0 Å². The van der Waals surface area contributed by atoms with Gasteiger partial charge in [0, 0.05) is 32.7 Å². The number of hydrogen-bond acceptors (Lipinski definition) is 11. The molecule has 0 amide bonds. The van der Waals surface area contributed by atoms with Crippen molar-refractivity contribution in [1.29, 1.82) is 0 Å². The van der Waals surface area contributed by atoms with E-state index in [1.54, 1.807) is 12.1 Å². The molecule has 5 atom stereocenters. The highest BCUT2D eigenvalue weighted by Gasteiger charge is 2.52. The summed E-state index contributed by atoms with van der Waals surface area (Å²) in [6.07, 6.45) is -2.67. The minimum atomic E-state index is -1.26. The molecule has 0 unspecified atom stereocenters. The van der Waals surface area contributed by atoms with Gasteiger partial charge in [0.2, 0.25) is 0 Å². The van der Waals surface area contributed by atoms with Crippen molar-refractivity contribution in [1.82, 2.24) is 0 Å². The highest BCUT2D eigenvalue weighted by Crippen LogP contribution is 2.39. The Labute approximate surface area is 261 Å². The predicted molar refractivity (Wildman–Crippen MR) is 156 cm³/mol. The lowest BCUT2D eigenvalue weighted by Crippen LogP contribution is -2.59. The van der Waals surface area contributed by atoms with E-state index in [1.807, 2.05) is 30.3 Å². The van der Waals surface area contributed by atoms with Crippen molar-refractivity contribution in [3.05, 3.63) is 64.2 Å². The molecule has 1 aliphatic carbocycles. The second-order valence-corrected chi connectivity index (χ2v) is 11.1. The number of ether oxygens (including phenoxy) is 7. The molecule has 1 saturated heterocycles. The smallest absolute Gasteiger partial charge is 0.303 e. The monoisotopic (exact) mass is 632 g/mol. The van der Waals surface area contributed by atoms with Crippen LogP contribution in [0.2, 0.25) is 5.02 Å². The summed E-state index contributed by atoms with van der Waals surface area (Å²) < 4.78 is 39.5. The molecular weight excluding hydrogens is 596 g/mol. The van der Waals surface area contributed by atoms with Crippen molar-refractivity contribution in [2.24, 2.45) is 0 Å². The van der Waals surface area contributed by atoms with Gasteiger partial charge in [-0.3, -0.25) is 19.2 Å². The van der Waals surface area contributed by atoms with Crippen LogP contribution in [0.15, 0.2) is 42.5 Å². The van der Waals surface area contributed by atoms with Crippen molar-refractivity contribution in [3.63, 3.8) is 0 Å². The van der Waals surface area contributed by atoms with Crippen molar-refractivity contribution >= 4 is 35.5 Å². The van der Waals surface area contributed by atoms with Crippen LogP contribution in [-0.4, -0.2) is 74.2 Å². The van der Waals surface area contributed by atoms with Crippen LogP contribution in [0, 0.1) is 0 Å². The SMILES string of the molecule is CC(=O)OC[C@H]1O[C@@H](c2ccc(Cl)c(Cc3ccc(OCCOC4CC4)cc3)c2)[C@H](OC(C)=O)[C@@H](OC(C)=O)[C@@H]1OC(C)=O. The fraction of sp³-hybridized carbons (Fsp3) is 0.500. The summed E-state index contributed by atoms with van der Waals surface area (Å²) in [5.74, 6) is -1.92. The topological polar surface area (TPSA) is 133 Å². The average molecular weight is 633 g/mol. The molecular formula is C32H37ClO11. The van der Waals surface area contributed by atoms with Crippen LogP contribution in [-0.2, 0) is 54.0 Å². The molecule has 1 heterocycles. The Bertz CT molecular complexity index is 1320. The molecule has 2 aromatic carbocycles. The first-order chi connectivity index (χ1) is 21.0. The van der Waals surface area contributed by atoms with Gasteiger partial charge in [-0.05, 0) is 54.2 Å². The zero-order valence-electron chi connectivity index (χ0n) is 25.1. The molecule has 1 aliphatic heterocycles. The Morgan fingerprint density at radius 3 is 2.05 bits per heavy atom. The first-order valence-electron chi connectivity index (χ1n) is 14.4. The van der Waals surface area contributed by atoms with Crippen molar-refractivity contribution in [2.45, 2.75) is 83.6 Å². The van der Waals surface area contributed by atoms with Crippen molar-refractivity contribution in [3.8, 4) is 5.75 Å². The number of halogens is 1. The summed E-state index contributed by atoms with van der Waals surface area (Å²) >= 11 is 6.59. The molecule has 0 spiro atoms. The Kier molecular flexibility index (Phi) is 11.6. The summed E-state index contributed by atoms with van der Waals surface area (Å²) in [6.45, 7) is 5.49. The maximum absolute atomic E-state index is 12.2. The van der Waals surface area contributed by atoms with Gasteiger partial charge in [0.1, 0.15) is 31.2 Å². The van der Waals surface area contributed by atoms with Crippen LogP contribution >= 0.6 is 11.6 Å². The molecule has 12 heteroatoms. The van der Waals surface area contributed by atoms with Crippen LogP contribution < -0.4 is 4.74 Å². The van der Waals surface area contributed by atoms with Gasteiger partial charge in [0.05, 0.1) is 12.7 Å². The molecule has 2 aliphatic rings. The normalized spacial score (nSPS) is 22.9. The number of carbonyl (C=O) groups excluding carboxylic acids is 4. The second kappa shape index (κ2) is 15.4. The second-order valence-electron chi connectivity index (χ2n) is 10.7. The van der Waals surface area contributed by atoms with Gasteiger partial charge in [-0.15, -0.1) is 0 Å². The molecule has 1 saturated carbocycles. The lowest BCUT2D eigenvalue weighted by molar-refractivity contribution is -0.254. The first kappa shape index (κ1) is 33.2. The summed E-state index contributed by atoms with van der Waals surface area (Å²) in [7, 11) is 0. The third-order valence-corrected chi connectivity index (χ3v) is 7.31. The zero-order valence-corrected chi connectivity index (χ0v) is 25.9. The zero-order chi connectivity index (χ0) is 31.8. The number of rotatable bonds is 13. The summed E-state index contributed by atoms with van der Waals surface area (Å²) in [6, 6.07) is 12.8. The quantitative estimate of drug-likeness (QED) is 0.178. The van der Waals surface area contributed by atoms with Crippen LogP contribution in [0.5, 0.6) is 5.75 Å². The average Bonchev–Trinajstić information content (AvgIpc) is 3.78. The third kappa shape index (κ3) is 9.67. The molecule has 44 heavy (non-hydrogen) atoms. The molecule has 0 N–H and O–H groups in total.